The van der Waals surface area contributed by atoms with Gasteiger partial charge < -0.3 is 9.84 Å². The zero-order chi connectivity index (χ0) is 12.3. The Morgan fingerprint density at radius 3 is 3.06 bits per heavy atom. The number of aliphatic hydroxyl groups is 1. The molecule has 1 N–H and O–H groups in total. The van der Waals surface area contributed by atoms with Gasteiger partial charge in [-0.05, 0) is 26.3 Å². The predicted molar refractivity (Wildman–Crippen MR) is 66.0 cm³/mol. The summed E-state index contributed by atoms with van der Waals surface area (Å²) in [7, 11) is 1.67. The van der Waals surface area contributed by atoms with E-state index in [1.165, 1.54) is 0 Å². The molecule has 0 aromatic carbocycles. The van der Waals surface area contributed by atoms with E-state index in [9.17, 15) is 5.11 Å². The first-order valence-corrected chi connectivity index (χ1v) is 6.09. The molecule has 94 valence electrons. The van der Waals surface area contributed by atoms with Gasteiger partial charge in [-0.15, -0.1) is 0 Å². The number of nitrogens with zero attached hydrogens (tertiary/aromatic N) is 2. The summed E-state index contributed by atoms with van der Waals surface area (Å²) in [6.07, 6.45) is 1.79. The molecule has 1 atom stereocenters. The minimum atomic E-state index is -0.185. The summed E-state index contributed by atoms with van der Waals surface area (Å²) in [4.78, 5) is 6.74. The van der Waals surface area contributed by atoms with E-state index in [0.717, 1.165) is 49.6 Å². The maximum absolute atomic E-state index is 9.63. The van der Waals surface area contributed by atoms with Crippen LogP contribution in [0.25, 0.3) is 0 Å². The van der Waals surface area contributed by atoms with Crippen LogP contribution >= 0.6 is 0 Å². The molecular formula is C13H20N2O2. The van der Waals surface area contributed by atoms with Gasteiger partial charge in [0, 0.05) is 30.9 Å². The maximum atomic E-state index is 9.63. The van der Waals surface area contributed by atoms with Crippen LogP contribution in [0.15, 0.2) is 12.1 Å². The van der Waals surface area contributed by atoms with E-state index in [1.54, 1.807) is 7.11 Å². The Kier molecular flexibility index (Phi) is 3.97. The molecule has 0 spiro atoms. The fourth-order valence-corrected chi connectivity index (χ4v) is 2.31. The number of likely N-dealkylation sites (tertiary alicyclic amines) is 1. The van der Waals surface area contributed by atoms with Gasteiger partial charge in [0.05, 0.1) is 18.9 Å². The molecule has 0 bridgehead atoms. The second-order valence-corrected chi connectivity index (χ2v) is 4.67. The van der Waals surface area contributed by atoms with Crippen LogP contribution in [-0.2, 0) is 6.54 Å². The van der Waals surface area contributed by atoms with Gasteiger partial charge in [-0.25, -0.2) is 0 Å². The molecule has 0 radical (unpaired) electrons. The number of β-amino-alcohol motifs (C(OH)–C–C–N with tert-alkyl or cyclic N) is 1. The summed E-state index contributed by atoms with van der Waals surface area (Å²) in [6.45, 7) is 4.54. The van der Waals surface area contributed by atoms with Gasteiger partial charge in [0.15, 0.2) is 0 Å². The minimum Gasteiger partial charge on any atom is -0.497 e. The van der Waals surface area contributed by atoms with Gasteiger partial charge in [-0.3, -0.25) is 9.88 Å². The van der Waals surface area contributed by atoms with E-state index < -0.39 is 0 Å². The van der Waals surface area contributed by atoms with Crippen LogP contribution in [0.3, 0.4) is 0 Å². The number of piperidine rings is 1. The monoisotopic (exact) mass is 236 g/mol. The van der Waals surface area contributed by atoms with Crippen molar-refractivity contribution >= 4 is 0 Å². The van der Waals surface area contributed by atoms with Crippen molar-refractivity contribution < 1.29 is 9.84 Å². The van der Waals surface area contributed by atoms with Gasteiger partial charge in [0.25, 0.3) is 0 Å². The highest BCUT2D eigenvalue weighted by Crippen LogP contribution is 2.17. The lowest BCUT2D eigenvalue weighted by Crippen LogP contribution is -2.37. The lowest BCUT2D eigenvalue weighted by atomic mass is 10.1. The number of aryl methyl sites for hydroxylation is 1. The third-order valence-electron chi connectivity index (χ3n) is 3.08. The average molecular weight is 236 g/mol. The Bertz CT molecular complexity index is 382. The van der Waals surface area contributed by atoms with E-state index in [1.807, 2.05) is 19.1 Å². The molecule has 4 nitrogen and oxygen atoms in total. The molecule has 1 aliphatic heterocycles. The first kappa shape index (κ1) is 12.3. The second kappa shape index (κ2) is 5.47. The molecule has 2 heterocycles. The van der Waals surface area contributed by atoms with Gasteiger partial charge in [0.2, 0.25) is 0 Å². The molecule has 1 saturated heterocycles. The Balaban J connectivity index is 2.04. The third kappa shape index (κ3) is 3.41. The van der Waals surface area contributed by atoms with Gasteiger partial charge in [-0.2, -0.15) is 0 Å². The number of methoxy groups -OCH3 is 1. The van der Waals surface area contributed by atoms with Crippen molar-refractivity contribution in [1.82, 2.24) is 9.88 Å². The zero-order valence-electron chi connectivity index (χ0n) is 10.5. The molecular weight excluding hydrogens is 216 g/mol. The molecule has 1 aliphatic rings. The normalized spacial score (nSPS) is 21.5. The van der Waals surface area contributed by atoms with Crippen molar-refractivity contribution in [2.75, 3.05) is 20.2 Å². The van der Waals surface area contributed by atoms with E-state index in [0.29, 0.717) is 0 Å². The van der Waals surface area contributed by atoms with E-state index in [4.69, 9.17) is 4.74 Å². The molecule has 17 heavy (non-hydrogen) atoms. The average Bonchev–Trinajstić information content (AvgIpc) is 2.28. The van der Waals surface area contributed by atoms with Crippen molar-refractivity contribution in [1.29, 1.82) is 0 Å². The summed E-state index contributed by atoms with van der Waals surface area (Å²) < 4.78 is 5.24. The fraction of sp³-hybridized carbons (Fsp3) is 0.615. The lowest BCUT2D eigenvalue weighted by molar-refractivity contribution is 0.0661. The fourth-order valence-electron chi connectivity index (χ4n) is 2.31. The van der Waals surface area contributed by atoms with E-state index in [-0.39, 0.29) is 6.10 Å². The van der Waals surface area contributed by atoms with Crippen molar-refractivity contribution in [2.45, 2.75) is 32.4 Å². The van der Waals surface area contributed by atoms with E-state index in [2.05, 4.69) is 9.88 Å². The van der Waals surface area contributed by atoms with Crippen molar-refractivity contribution in [3.8, 4) is 5.75 Å². The first-order chi connectivity index (χ1) is 8.17. The SMILES string of the molecule is COc1cc(C)nc(CN2CCC[C@H](O)C2)c1. The summed E-state index contributed by atoms with van der Waals surface area (Å²) in [5, 5.41) is 9.63. The zero-order valence-corrected chi connectivity index (χ0v) is 10.5. The molecule has 2 rings (SSSR count). The Morgan fingerprint density at radius 2 is 2.35 bits per heavy atom. The van der Waals surface area contributed by atoms with Crippen LogP contribution in [-0.4, -0.2) is 41.3 Å². The van der Waals surface area contributed by atoms with Gasteiger partial charge in [0.1, 0.15) is 5.75 Å². The van der Waals surface area contributed by atoms with Crippen LogP contribution in [0.1, 0.15) is 24.2 Å². The van der Waals surface area contributed by atoms with Crippen LogP contribution in [0.4, 0.5) is 0 Å². The predicted octanol–water partition coefficient (Wildman–Crippen LogP) is 1.36. The number of pyridine rings is 1. The molecule has 0 saturated carbocycles. The molecule has 1 aromatic heterocycles. The Hall–Kier alpha value is -1.13. The minimum absolute atomic E-state index is 0.185. The summed E-state index contributed by atoms with van der Waals surface area (Å²) in [5.74, 6) is 0.852. The summed E-state index contributed by atoms with van der Waals surface area (Å²) in [5.41, 5.74) is 1.98. The Labute approximate surface area is 102 Å². The highest BCUT2D eigenvalue weighted by atomic mass is 16.5. The highest BCUT2D eigenvalue weighted by Gasteiger charge is 2.18. The topological polar surface area (TPSA) is 45.6 Å². The van der Waals surface area contributed by atoms with E-state index >= 15 is 0 Å². The van der Waals surface area contributed by atoms with Crippen LogP contribution < -0.4 is 4.74 Å². The number of rotatable bonds is 3. The smallest absolute Gasteiger partial charge is 0.122 e. The number of aromatic nitrogens is 1. The Morgan fingerprint density at radius 1 is 1.53 bits per heavy atom. The van der Waals surface area contributed by atoms with Gasteiger partial charge >= 0.3 is 0 Å². The second-order valence-electron chi connectivity index (χ2n) is 4.67. The first-order valence-electron chi connectivity index (χ1n) is 6.09. The molecule has 0 unspecified atom stereocenters. The largest absolute Gasteiger partial charge is 0.497 e. The summed E-state index contributed by atoms with van der Waals surface area (Å²) in [6, 6.07) is 3.89. The molecule has 4 heteroatoms. The molecule has 0 aliphatic carbocycles. The molecule has 1 fully saturated rings. The standard InChI is InChI=1S/C13H20N2O2/c1-10-6-13(17-2)7-11(14-10)8-15-5-3-4-12(16)9-15/h6-7,12,16H,3-5,8-9H2,1-2H3/t12-/m0/s1. The third-order valence-corrected chi connectivity index (χ3v) is 3.08. The summed E-state index contributed by atoms with van der Waals surface area (Å²) >= 11 is 0. The molecule has 1 aromatic rings. The quantitative estimate of drug-likeness (QED) is 0.860. The van der Waals surface area contributed by atoms with Gasteiger partial charge in [-0.1, -0.05) is 0 Å². The number of ether oxygens (including phenoxy) is 1. The van der Waals surface area contributed by atoms with Crippen LogP contribution in [0.5, 0.6) is 5.75 Å². The van der Waals surface area contributed by atoms with Crippen molar-refractivity contribution in [3.05, 3.63) is 23.5 Å². The maximum Gasteiger partial charge on any atom is 0.122 e. The lowest BCUT2D eigenvalue weighted by Gasteiger charge is -2.29. The number of aliphatic hydroxyl groups excluding tert-OH is 1. The molecule has 0 amide bonds. The van der Waals surface area contributed by atoms with Crippen LogP contribution in [0, 0.1) is 6.92 Å². The number of hydrogen-bond donors (Lipinski definition) is 1. The number of hydrogen-bond acceptors (Lipinski definition) is 4. The van der Waals surface area contributed by atoms with Crippen LogP contribution in [0.2, 0.25) is 0 Å². The van der Waals surface area contributed by atoms with Crippen molar-refractivity contribution in [2.24, 2.45) is 0 Å². The highest BCUT2D eigenvalue weighted by molar-refractivity contribution is 5.26. The van der Waals surface area contributed by atoms with Crippen molar-refractivity contribution in [3.63, 3.8) is 0 Å².